The van der Waals surface area contributed by atoms with E-state index in [0.717, 1.165) is 11.8 Å². The van der Waals surface area contributed by atoms with Gasteiger partial charge in [-0.2, -0.15) is 0 Å². The summed E-state index contributed by atoms with van der Waals surface area (Å²) in [5, 5.41) is 3.68. The van der Waals surface area contributed by atoms with Crippen molar-refractivity contribution in [3.05, 3.63) is 0 Å². The Morgan fingerprint density at radius 1 is 0.929 bits per heavy atom. The minimum absolute atomic E-state index is 0.209. The lowest BCUT2D eigenvalue weighted by Crippen LogP contribution is -2.51. The van der Waals surface area contributed by atoms with E-state index in [2.05, 4.69) is 60.7 Å². The number of hydrogen-bond acceptors (Lipinski definition) is 1. The molecule has 0 bridgehead atoms. The lowest BCUT2D eigenvalue weighted by molar-refractivity contribution is 0.217. The lowest BCUT2D eigenvalue weighted by atomic mass is 9.84. The standard InChI is InChI=1S/C13H29N/c1-10(2)11(3)9-13(7,8)14-12(4,5)6/h10-11,14H,9H2,1-8H3. The minimum atomic E-state index is 0.209. The summed E-state index contributed by atoms with van der Waals surface area (Å²) in [6, 6.07) is 0. The average molecular weight is 199 g/mol. The van der Waals surface area contributed by atoms with Gasteiger partial charge >= 0.3 is 0 Å². The second-order valence-corrected chi connectivity index (χ2v) is 6.68. The van der Waals surface area contributed by atoms with Gasteiger partial charge in [0.1, 0.15) is 0 Å². The number of hydrogen-bond donors (Lipinski definition) is 1. The predicted octanol–water partition coefficient (Wildman–Crippen LogP) is 3.84. The van der Waals surface area contributed by atoms with Crippen LogP contribution in [-0.2, 0) is 0 Å². The van der Waals surface area contributed by atoms with Gasteiger partial charge in [-0.25, -0.2) is 0 Å². The van der Waals surface area contributed by atoms with E-state index < -0.39 is 0 Å². The van der Waals surface area contributed by atoms with E-state index in [4.69, 9.17) is 0 Å². The highest BCUT2D eigenvalue weighted by molar-refractivity contribution is 4.87. The van der Waals surface area contributed by atoms with E-state index >= 15 is 0 Å². The van der Waals surface area contributed by atoms with Crippen molar-refractivity contribution < 1.29 is 0 Å². The third kappa shape index (κ3) is 6.42. The zero-order valence-electron chi connectivity index (χ0n) is 11.4. The summed E-state index contributed by atoms with van der Waals surface area (Å²) in [7, 11) is 0. The van der Waals surface area contributed by atoms with Crippen molar-refractivity contribution in [1.82, 2.24) is 5.32 Å². The van der Waals surface area contributed by atoms with Crippen LogP contribution < -0.4 is 5.32 Å². The molecular formula is C13H29N. The van der Waals surface area contributed by atoms with Crippen LogP contribution in [0.25, 0.3) is 0 Å². The Balaban J connectivity index is 4.20. The van der Waals surface area contributed by atoms with E-state index in [9.17, 15) is 0 Å². The molecule has 0 amide bonds. The fraction of sp³-hybridized carbons (Fsp3) is 1.00. The van der Waals surface area contributed by atoms with Crippen LogP contribution in [-0.4, -0.2) is 11.1 Å². The van der Waals surface area contributed by atoms with Gasteiger partial charge < -0.3 is 5.32 Å². The highest BCUT2D eigenvalue weighted by atomic mass is 15.0. The summed E-state index contributed by atoms with van der Waals surface area (Å²) < 4.78 is 0. The zero-order chi connectivity index (χ0) is 11.6. The average Bonchev–Trinajstić information content (AvgIpc) is 1.78. The van der Waals surface area contributed by atoms with Gasteiger partial charge in [0.2, 0.25) is 0 Å². The van der Waals surface area contributed by atoms with E-state index in [-0.39, 0.29) is 11.1 Å². The molecule has 1 nitrogen and oxygen atoms in total. The van der Waals surface area contributed by atoms with Crippen molar-refractivity contribution in [3.63, 3.8) is 0 Å². The first-order valence-corrected chi connectivity index (χ1v) is 5.83. The maximum Gasteiger partial charge on any atom is 0.0132 e. The molecule has 0 aromatic carbocycles. The van der Waals surface area contributed by atoms with Crippen LogP contribution >= 0.6 is 0 Å². The molecule has 86 valence electrons. The van der Waals surface area contributed by atoms with Crippen LogP contribution in [0, 0.1) is 11.8 Å². The SMILES string of the molecule is CC(C)C(C)CC(C)(C)NC(C)(C)C. The largest absolute Gasteiger partial charge is 0.307 e. The van der Waals surface area contributed by atoms with Crippen LogP contribution in [0.2, 0.25) is 0 Å². The molecule has 1 N–H and O–H groups in total. The molecule has 0 radical (unpaired) electrons. The minimum Gasteiger partial charge on any atom is -0.307 e. The van der Waals surface area contributed by atoms with Gasteiger partial charge in [-0.05, 0) is 52.9 Å². The van der Waals surface area contributed by atoms with Crippen molar-refractivity contribution in [1.29, 1.82) is 0 Å². The molecule has 0 spiro atoms. The van der Waals surface area contributed by atoms with Gasteiger partial charge in [0.25, 0.3) is 0 Å². The van der Waals surface area contributed by atoms with Gasteiger partial charge in [-0.1, -0.05) is 20.8 Å². The summed E-state index contributed by atoms with van der Waals surface area (Å²) in [5.74, 6) is 1.55. The Bertz CT molecular complexity index is 163. The van der Waals surface area contributed by atoms with Crippen LogP contribution in [0.3, 0.4) is 0 Å². The van der Waals surface area contributed by atoms with Gasteiger partial charge in [0, 0.05) is 11.1 Å². The molecule has 0 aromatic rings. The molecule has 1 unspecified atom stereocenters. The Kier molecular flexibility index (Phi) is 4.64. The molecule has 0 saturated carbocycles. The second kappa shape index (κ2) is 4.65. The first kappa shape index (κ1) is 14.0. The van der Waals surface area contributed by atoms with E-state index in [0.29, 0.717) is 0 Å². The van der Waals surface area contributed by atoms with E-state index in [1.54, 1.807) is 0 Å². The Hall–Kier alpha value is -0.0400. The molecule has 0 heterocycles. The first-order chi connectivity index (χ1) is 6.03. The van der Waals surface area contributed by atoms with E-state index in [1.807, 2.05) is 0 Å². The summed E-state index contributed by atoms with van der Waals surface area (Å²) >= 11 is 0. The molecule has 0 rings (SSSR count). The molecule has 14 heavy (non-hydrogen) atoms. The summed E-state index contributed by atoms with van der Waals surface area (Å²) in [5.41, 5.74) is 0.447. The van der Waals surface area contributed by atoms with Crippen LogP contribution in [0.15, 0.2) is 0 Å². The summed E-state index contributed by atoms with van der Waals surface area (Å²) in [4.78, 5) is 0. The monoisotopic (exact) mass is 199 g/mol. The molecule has 0 saturated heterocycles. The molecule has 0 aliphatic carbocycles. The van der Waals surface area contributed by atoms with Crippen molar-refractivity contribution in [2.24, 2.45) is 11.8 Å². The van der Waals surface area contributed by atoms with Crippen molar-refractivity contribution >= 4 is 0 Å². The van der Waals surface area contributed by atoms with Gasteiger partial charge in [0.15, 0.2) is 0 Å². The molecule has 0 aromatic heterocycles. The second-order valence-electron chi connectivity index (χ2n) is 6.68. The fourth-order valence-corrected chi connectivity index (χ4v) is 2.11. The third-order valence-corrected chi connectivity index (χ3v) is 2.68. The topological polar surface area (TPSA) is 12.0 Å². The molecule has 0 fully saturated rings. The van der Waals surface area contributed by atoms with Crippen LogP contribution in [0.1, 0.15) is 61.8 Å². The molecule has 1 atom stereocenters. The Labute approximate surface area is 90.7 Å². The van der Waals surface area contributed by atoms with Crippen molar-refractivity contribution in [2.75, 3.05) is 0 Å². The molecular weight excluding hydrogens is 170 g/mol. The van der Waals surface area contributed by atoms with Gasteiger partial charge in [0.05, 0.1) is 0 Å². The van der Waals surface area contributed by atoms with Crippen molar-refractivity contribution in [3.8, 4) is 0 Å². The fourth-order valence-electron chi connectivity index (χ4n) is 2.11. The first-order valence-electron chi connectivity index (χ1n) is 5.83. The highest BCUT2D eigenvalue weighted by Crippen LogP contribution is 2.24. The number of rotatable bonds is 4. The highest BCUT2D eigenvalue weighted by Gasteiger charge is 2.26. The number of nitrogens with one attached hydrogen (secondary N) is 1. The Morgan fingerprint density at radius 2 is 1.36 bits per heavy atom. The Morgan fingerprint density at radius 3 is 1.64 bits per heavy atom. The van der Waals surface area contributed by atoms with Crippen LogP contribution in [0.5, 0.6) is 0 Å². The van der Waals surface area contributed by atoms with E-state index in [1.165, 1.54) is 6.42 Å². The maximum absolute atomic E-state index is 3.68. The maximum atomic E-state index is 3.68. The molecule has 1 heteroatoms. The molecule has 0 aliphatic heterocycles. The predicted molar refractivity (Wildman–Crippen MR) is 65.6 cm³/mol. The quantitative estimate of drug-likeness (QED) is 0.725. The zero-order valence-corrected chi connectivity index (χ0v) is 11.4. The third-order valence-electron chi connectivity index (χ3n) is 2.68. The smallest absolute Gasteiger partial charge is 0.0132 e. The van der Waals surface area contributed by atoms with Gasteiger partial charge in [-0.3, -0.25) is 0 Å². The summed E-state index contributed by atoms with van der Waals surface area (Å²) in [6.45, 7) is 18.2. The lowest BCUT2D eigenvalue weighted by Gasteiger charge is -2.37. The molecule has 0 aliphatic rings. The summed E-state index contributed by atoms with van der Waals surface area (Å²) in [6.07, 6.45) is 1.24. The van der Waals surface area contributed by atoms with Crippen LogP contribution in [0.4, 0.5) is 0 Å². The normalized spacial score (nSPS) is 16.1. The van der Waals surface area contributed by atoms with Crippen molar-refractivity contribution in [2.45, 2.75) is 72.9 Å². The van der Waals surface area contributed by atoms with Gasteiger partial charge in [-0.15, -0.1) is 0 Å².